The van der Waals surface area contributed by atoms with Crippen LogP contribution in [-0.4, -0.2) is 79.3 Å². The third-order valence-electron chi connectivity index (χ3n) is 4.56. The Kier molecular flexibility index (Phi) is 7.16. The minimum atomic E-state index is -0.0151. The predicted molar refractivity (Wildman–Crippen MR) is 95.5 cm³/mol. The minimum absolute atomic E-state index is 0.0151. The zero-order chi connectivity index (χ0) is 17.7. The first kappa shape index (κ1) is 19.3. The van der Waals surface area contributed by atoms with E-state index in [1.165, 1.54) is 0 Å². The molecule has 2 heterocycles. The summed E-state index contributed by atoms with van der Waals surface area (Å²) in [5.41, 5.74) is 0.536. The number of carbonyl (C=O) groups is 1. The molecule has 0 bridgehead atoms. The van der Waals surface area contributed by atoms with Gasteiger partial charge in [-0.05, 0) is 13.0 Å². The molecule has 1 aromatic heterocycles. The molecule has 24 heavy (non-hydrogen) atoms. The van der Waals surface area contributed by atoms with E-state index >= 15 is 0 Å². The number of amides is 1. The summed E-state index contributed by atoms with van der Waals surface area (Å²) in [6.45, 7) is 7.94. The summed E-state index contributed by atoms with van der Waals surface area (Å²) in [6, 6.07) is 0. The fraction of sp³-hybridized carbons (Fsp3) is 0.765. The molecule has 1 aliphatic heterocycles. The average Bonchev–Trinajstić information content (AvgIpc) is 3.19. The van der Waals surface area contributed by atoms with Crippen molar-refractivity contribution >= 4 is 17.2 Å². The lowest BCUT2D eigenvalue weighted by atomic mass is 9.96. The van der Waals surface area contributed by atoms with E-state index < -0.39 is 0 Å². The van der Waals surface area contributed by atoms with Gasteiger partial charge in [-0.25, -0.2) is 4.98 Å². The van der Waals surface area contributed by atoms with E-state index in [4.69, 9.17) is 4.74 Å². The van der Waals surface area contributed by atoms with E-state index in [-0.39, 0.29) is 24.3 Å². The van der Waals surface area contributed by atoms with Gasteiger partial charge in [0.2, 0.25) is 0 Å². The number of aliphatic hydroxyl groups is 1. The predicted octanol–water partition coefficient (Wildman–Crippen LogP) is 1.53. The van der Waals surface area contributed by atoms with Crippen LogP contribution in [0.25, 0.3) is 0 Å². The number of hydrogen-bond acceptors (Lipinski definition) is 6. The minimum Gasteiger partial charge on any atom is -0.396 e. The normalized spacial score (nSPS) is 21.2. The molecule has 0 aromatic carbocycles. The molecule has 1 amide bonds. The van der Waals surface area contributed by atoms with Gasteiger partial charge in [-0.1, -0.05) is 13.8 Å². The van der Waals surface area contributed by atoms with Crippen LogP contribution in [0.5, 0.6) is 0 Å². The fourth-order valence-electron chi connectivity index (χ4n) is 3.07. The summed E-state index contributed by atoms with van der Waals surface area (Å²) in [4.78, 5) is 21.2. The van der Waals surface area contributed by atoms with Crippen molar-refractivity contribution in [2.45, 2.75) is 19.8 Å². The number of hydrogen-bond donors (Lipinski definition) is 1. The Morgan fingerprint density at radius 2 is 2.21 bits per heavy atom. The van der Waals surface area contributed by atoms with Crippen molar-refractivity contribution in [3.8, 4) is 0 Å². The van der Waals surface area contributed by atoms with Crippen LogP contribution in [0.2, 0.25) is 0 Å². The first-order valence-electron chi connectivity index (χ1n) is 8.49. The molecular weight excluding hydrogens is 326 g/mol. The van der Waals surface area contributed by atoms with Crippen LogP contribution < -0.4 is 0 Å². The van der Waals surface area contributed by atoms with Crippen LogP contribution >= 0.6 is 11.3 Å². The number of ether oxygens (including phenoxy) is 1. The highest BCUT2D eigenvalue weighted by atomic mass is 32.1. The molecule has 2 atom stereocenters. The highest BCUT2D eigenvalue weighted by Crippen LogP contribution is 2.26. The Bertz CT molecular complexity index is 535. The summed E-state index contributed by atoms with van der Waals surface area (Å²) in [5.74, 6) is 0.729. The van der Waals surface area contributed by atoms with E-state index in [1.807, 2.05) is 17.3 Å². The first-order valence-corrected chi connectivity index (χ1v) is 9.37. The van der Waals surface area contributed by atoms with Crippen LogP contribution in [0.1, 0.15) is 35.3 Å². The summed E-state index contributed by atoms with van der Waals surface area (Å²) in [6.07, 6.45) is 0. The zero-order valence-electron chi connectivity index (χ0n) is 15.1. The molecule has 6 nitrogen and oxygen atoms in total. The zero-order valence-corrected chi connectivity index (χ0v) is 15.9. The van der Waals surface area contributed by atoms with Crippen LogP contribution in [0.4, 0.5) is 0 Å². The summed E-state index contributed by atoms with van der Waals surface area (Å²) >= 11 is 1.54. The molecule has 1 saturated heterocycles. The Morgan fingerprint density at radius 3 is 2.79 bits per heavy atom. The largest absolute Gasteiger partial charge is 0.396 e. The van der Waals surface area contributed by atoms with Crippen LogP contribution in [0, 0.1) is 11.8 Å². The van der Waals surface area contributed by atoms with Crippen LogP contribution in [0.15, 0.2) is 5.38 Å². The van der Waals surface area contributed by atoms with Crippen molar-refractivity contribution in [3.63, 3.8) is 0 Å². The van der Waals surface area contributed by atoms with Gasteiger partial charge in [0.05, 0.1) is 11.6 Å². The molecule has 0 unspecified atom stereocenters. The number of methoxy groups -OCH3 is 1. The summed E-state index contributed by atoms with van der Waals surface area (Å²) in [5, 5.41) is 12.5. The quantitative estimate of drug-likeness (QED) is 0.766. The maximum Gasteiger partial charge on any atom is 0.273 e. The van der Waals surface area contributed by atoms with Crippen molar-refractivity contribution in [1.82, 2.24) is 14.8 Å². The molecule has 1 aromatic rings. The second kappa shape index (κ2) is 8.89. The van der Waals surface area contributed by atoms with Crippen molar-refractivity contribution in [3.05, 3.63) is 16.1 Å². The molecule has 7 heteroatoms. The third kappa shape index (κ3) is 4.75. The number of likely N-dealkylation sites (tertiary alicyclic amines) is 1. The molecule has 0 spiro atoms. The fourth-order valence-corrected chi connectivity index (χ4v) is 3.88. The van der Waals surface area contributed by atoms with Crippen LogP contribution in [0.3, 0.4) is 0 Å². The number of aliphatic hydroxyl groups excluding tert-OH is 1. The second-order valence-electron chi connectivity index (χ2n) is 6.89. The van der Waals surface area contributed by atoms with E-state index in [1.54, 1.807) is 18.4 Å². The Hall–Kier alpha value is -1.02. The number of rotatable bonds is 8. The van der Waals surface area contributed by atoms with E-state index in [0.29, 0.717) is 31.3 Å². The second-order valence-corrected chi connectivity index (χ2v) is 7.78. The van der Waals surface area contributed by atoms with Gasteiger partial charge in [-0.2, -0.15) is 0 Å². The van der Waals surface area contributed by atoms with Gasteiger partial charge in [-0.15, -0.1) is 11.3 Å². The molecule has 0 saturated carbocycles. The molecule has 0 aliphatic carbocycles. The molecule has 136 valence electrons. The Labute approximate surface area is 148 Å². The lowest BCUT2D eigenvalue weighted by molar-refractivity contribution is 0.0773. The summed E-state index contributed by atoms with van der Waals surface area (Å²) < 4.78 is 5.11. The van der Waals surface area contributed by atoms with Gasteiger partial charge in [0, 0.05) is 57.1 Å². The van der Waals surface area contributed by atoms with E-state index in [9.17, 15) is 9.90 Å². The highest BCUT2D eigenvalue weighted by molar-refractivity contribution is 7.09. The molecule has 2 rings (SSSR count). The number of nitrogens with zero attached hydrogens (tertiary/aromatic N) is 3. The Morgan fingerprint density at radius 1 is 1.50 bits per heavy atom. The van der Waals surface area contributed by atoms with Gasteiger partial charge in [0.15, 0.2) is 0 Å². The maximum atomic E-state index is 12.7. The van der Waals surface area contributed by atoms with Crippen molar-refractivity contribution < 1.29 is 14.6 Å². The van der Waals surface area contributed by atoms with E-state index in [2.05, 4.69) is 23.7 Å². The average molecular weight is 356 g/mol. The highest BCUT2D eigenvalue weighted by Gasteiger charge is 2.36. The lowest BCUT2D eigenvalue weighted by Gasteiger charge is -2.23. The van der Waals surface area contributed by atoms with Gasteiger partial charge in [0.1, 0.15) is 5.69 Å². The van der Waals surface area contributed by atoms with Crippen molar-refractivity contribution in [1.29, 1.82) is 0 Å². The number of thiazole rings is 1. The van der Waals surface area contributed by atoms with Crippen molar-refractivity contribution in [2.24, 2.45) is 11.8 Å². The van der Waals surface area contributed by atoms with Crippen molar-refractivity contribution in [2.75, 3.05) is 53.6 Å². The molecular formula is C17H29N3O3S. The number of likely N-dealkylation sites (N-methyl/N-ethyl adjacent to an activating group) is 1. The number of aromatic nitrogens is 1. The topological polar surface area (TPSA) is 65.9 Å². The van der Waals surface area contributed by atoms with Gasteiger partial charge in [0.25, 0.3) is 5.91 Å². The first-order chi connectivity index (χ1) is 11.5. The SMILES string of the molecule is COCCN(C)C[C@@H]1CN(C(=O)c2csc(C(C)C)n2)C[C@@H]1CO. The van der Waals surface area contributed by atoms with Gasteiger partial charge in [-0.3, -0.25) is 4.79 Å². The molecule has 1 fully saturated rings. The maximum absolute atomic E-state index is 12.7. The summed E-state index contributed by atoms with van der Waals surface area (Å²) in [7, 11) is 3.74. The monoisotopic (exact) mass is 355 g/mol. The van der Waals surface area contributed by atoms with Gasteiger partial charge >= 0.3 is 0 Å². The van der Waals surface area contributed by atoms with Crippen LogP contribution in [-0.2, 0) is 4.74 Å². The molecule has 1 N–H and O–H groups in total. The molecule has 0 radical (unpaired) electrons. The standard InChI is InChI=1S/C17H29N3O3S/c1-12(2)16-18-15(11-24-16)17(22)20-8-13(14(9-20)10-21)7-19(3)5-6-23-4/h11-14,21H,5-10H2,1-4H3/t13-,14-/m1/s1. The van der Waals surface area contributed by atoms with Gasteiger partial charge < -0.3 is 19.6 Å². The smallest absolute Gasteiger partial charge is 0.273 e. The third-order valence-corrected chi connectivity index (χ3v) is 5.70. The lowest BCUT2D eigenvalue weighted by Crippen LogP contribution is -2.33. The Balaban J connectivity index is 1.97. The number of carbonyl (C=O) groups excluding carboxylic acids is 1. The van der Waals surface area contributed by atoms with E-state index in [0.717, 1.165) is 18.1 Å². The molecule has 1 aliphatic rings.